The zero-order valence-corrected chi connectivity index (χ0v) is 11.5. The minimum atomic E-state index is 0.0232. The number of fused-ring (bicyclic) bond motifs is 1. The highest BCUT2D eigenvalue weighted by Gasteiger charge is 2.13. The molecule has 0 radical (unpaired) electrons. The van der Waals surface area contributed by atoms with E-state index in [-0.39, 0.29) is 5.91 Å². The Morgan fingerprint density at radius 2 is 2.32 bits per heavy atom. The van der Waals surface area contributed by atoms with Crippen LogP contribution in [0.2, 0.25) is 0 Å². The number of nitrogens with one attached hydrogen (secondary N) is 2. The van der Waals surface area contributed by atoms with E-state index in [4.69, 9.17) is 4.74 Å². The molecule has 0 bridgehead atoms. The van der Waals surface area contributed by atoms with Crippen LogP contribution in [-0.2, 0) is 16.0 Å². The summed E-state index contributed by atoms with van der Waals surface area (Å²) in [4.78, 5) is 11.8. The number of hydrogen-bond donors (Lipinski definition) is 2. The molecule has 0 aromatic heterocycles. The Labute approximate surface area is 114 Å². The van der Waals surface area contributed by atoms with Gasteiger partial charge >= 0.3 is 0 Å². The van der Waals surface area contributed by atoms with Gasteiger partial charge in [0, 0.05) is 24.5 Å². The summed E-state index contributed by atoms with van der Waals surface area (Å²) in [5, 5.41) is 6.35. The molecule has 2 N–H and O–H groups in total. The van der Waals surface area contributed by atoms with Gasteiger partial charge in [0.1, 0.15) is 0 Å². The second-order valence-electron chi connectivity index (χ2n) is 4.77. The molecule has 1 amide bonds. The minimum Gasteiger partial charge on any atom is -0.385 e. The van der Waals surface area contributed by atoms with Crippen LogP contribution in [0.3, 0.4) is 0 Å². The smallest absolute Gasteiger partial charge is 0.226 e. The van der Waals surface area contributed by atoms with Crippen molar-refractivity contribution in [3.8, 4) is 0 Å². The van der Waals surface area contributed by atoms with Crippen LogP contribution in [-0.4, -0.2) is 25.7 Å². The van der Waals surface area contributed by atoms with E-state index >= 15 is 0 Å². The number of hydrogen-bond acceptors (Lipinski definition) is 3. The Morgan fingerprint density at radius 3 is 3.16 bits per heavy atom. The van der Waals surface area contributed by atoms with Crippen molar-refractivity contribution in [1.29, 1.82) is 0 Å². The highest BCUT2D eigenvalue weighted by Crippen LogP contribution is 2.28. The fourth-order valence-corrected chi connectivity index (χ4v) is 2.25. The van der Waals surface area contributed by atoms with Crippen LogP contribution in [0, 0.1) is 0 Å². The maximum Gasteiger partial charge on any atom is 0.226 e. The van der Waals surface area contributed by atoms with E-state index in [2.05, 4.69) is 23.6 Å². The van der Waals surface area contributed by atoms with Gasteiger partial charge in [-0.05, 0) is 37.0 Å². The second kappa shape index (κ2) is 7.14. The van der Waals surface area contributed by atoms with Crippen LogP contribution < -0.4 is 10.6 Å². The summed E-state index contributed by atoms with van der Waals surface area (Å²) in [6.07, 6.45) is 3.53. The summed E-state index contributed by atoms with van der Waals surface area (Å²) in [5.41, 5.74) is 3.30. The number of amides is 1. The van der Waals surface area contributed by atoms with Gasteiger partial charge in [-0.1, -0.05) is 13.0 Å². The van der Waals surface area contributed by atoms with Gasteiger partial charge in [0.25, 0.3) is 0 Å². The molecule has 1 aliphatic rings. The highest BCUT2D eigenvalue weighted by atomic mass is 16.5. The SMILES string of the molecule is CCCOCCC(=O)Nc1cccc2c1CCCN2. The molecule has 1 aliphatic heterocycles. The van der Waals surface area contributed by atoms with E-state index in [1.807, 2.05) is 12.1 Å². The molecule has 0 saturated carbocycles. The minimum absolute atomic E-state index is 0.0232. The van der Waals surface area contributed by atoms with Gasteiger partial charge in [-0.2, -0.15) is 0 Å². The van der Waals surface area contributed by atoms with Crippen molar-refractivity contribution in [2.24, 2.45) is 0 Å². The van der Waals surface area contributed by atoms with Gasteiger partial charge in [0.15, 0.2) is 0 Å². The number of benzene rings is 1. The quantitative estimate of drug-likeness (QED) is 0.775. The van der Waals surface area contributed by atoms with Gasteiger partial charge in [0.2, 0.25) is 5.91 Å². The van der Waals surface area contributed by atoms with Crippen LogP contribution in [0.15, 0.2) is 18.2 Å². The van der Waals surface area contributed by atoms with Gasteiger partial charge in [0.05, 0.1) is 13.0 Å². The summed E-state index contributed by atoms with van der Waals surface area (Å²) in [6.45, 7) is 4.28. The fraction of sp³-hybridized carbons (Fsp3) is 0.533. The lowest BCUT2D eigenvalue weighted by molar-refractivity contribution is -0.117. The number of carbonyl (C=O) groups excluding carboxylic acids is 1. The third-order valence-electron chi connectivity index (χ3n) is 3.19. The Bertz CT molecular complexity index is 432. The average molecular weight is 262 g/mol. The topological polar surface area (TPSA) is 50.4 Å². The summed E-state index contributed by atoms with van der Waals surface area (Å²) in [7, 11) is 0. The van der Waals surface area contributed by atoms with Crippen molar-refractivity contribution in [2.75, 3.05) is 30.4 Å². The Kier molecular flexibility index (Phi) is 5.21. The first kappa shape index (κ1) is 13.9. The van der Waals surface area contributed by atoms with Crippen LogP contribution in [0.25, 0.3) is 0 Å². The Hall–Kier alpha value is -1.55. The maximum atomic E-state index is 11.8. The van der Waals surface area contributed by atoms with Gasteiger partial charge < -0.3 is 15.4 Å². The molecule has 1 aromatic carbocycles. The lowest BCUT2D eigenvalue weighted by Gasteiger charge is -2.21. The zero-order valence-electron chi connectivity index (χ0n) is 11.5. The van der Waals surface area contributed by atoms with Gasteiger partial charge in [-0.3, -0.25) is 4.79 Å². The fourth-order valence-electron chi connectivity index (χ4n) is 2.25. The molecule has 19 heavy (non-hydrogen) atoms. The molecular weight excluding hydrogens is 240 g/mol. The summed E-state index contributed by atoms with van der Waals surface area (Å²) in [5.74, 6) is 0.0232. The Morgan fingerprint density at radius 1 is 1.42 bits per heavy atom. The summed E-state index contributed by atoms with van der Waals surface area (Å²) >= 11 is 0. The lowest BCUT2D eigenvalue weighted by atomic mass is 10.0. The first-order chi connectivity index (χ1) is 9.31. The highest BCUT2D eigenvalue weighted by molar-refractivity contribution is 5.92. The van der Waals surface area contributed by atoms with Crippen LogP contribution in [0.1, 0.15) is 31.7 Å². The van der Waals surface area contributed by atoms with Crippen molar-refractivity contribution >= 4 is 17.3 Å². The van der Waals surface area contributed by atoms with E-state index in [1.54, 1.807) is 0 Å². The third kappa shape index (κ3) is 3.96. The summed E-state index contributed by atoms with van der Waals surface area (Å²) in [6, 6.07) is 6.01. The molecule has 0 atom stereocenters. The maximum absolute atomic E-state index is 11.8. The van der Waals surface area contributed by atoms with Gasteiger partial charge in [-0.15, -0.1) is 0 Å². The average Bonchev–Trinajstić information content (AvgIpc) is 2.44. The van der Waals surface area contributed by atoms with E-state index in [0.29, 0.717) is 13.0 Å². The van der Waals surface area contributed by atoms with Crippen LogP contribution in [0.5, 0.6) is 0 Å². The lowest BCUT2D eigenvalue weighted by Crippen LogP contribution is -2.18. The zero-order chi connectivity index (χ0) is 13.5. The molecule has 0 fully saturated rings. The molecule has 0 aliphatic carbocycles. The first-order valence-electron chi connectivity index (χ1n) is 7.04. The number of ether oxygens (including phenoxy) is 1. The molecule has 104 valence electrons. The molecule has 1 heterocycles. The van der Waals surface area contributed by atoms with Crippen molar-refractivity contribution in [2.45, 2.75) is 32.6 Å². The predicted octanol–water partition coefficient (Wildman–Crippen LogP) is 2.80. The van der Waals surface area contributed by atoms with Crippen molar-refractivity contribution in [3.63, 3.8) is 0 Å². The van der Waals surface area contributed by atoms with Crippen LogP contribution in [0.4, 0.5) is 11.4 Å². The standard InChI is InChI=1S/C15H22N2O2/c1-2-10-19-11-8-15(18)17-14-7-3-6-13-12(14)5-4-9-16-13/h3,6-7,16H,2,4-5,8-11H2,1H3,(H,17,18). The summed E-state index contributed by atoms with van der Waals surface area (Å²) < 4.78 is 5.33. The van der Waals surface area contributed by atoms with Gasteiger partial charge in [-0.25, -0.2) is 0 Å². The molecule has 2 rings (SSSR count). The molecule has 1 aromatic rings. The molecule has 0 unspecified atom stereocenters. The number of carbonyl (C=O) groups is 1. The van der Waals surface area contributed by atoms with E-state index in [9.17, 15) is 4.79 Å². The Balaban J connectivity index is 1.90. The molecular formula is C15H22N2O2. The second-order valence-corrected chi connectivity index (χ2v) is 4.77. The number of rotatable bonds is 6. The molecule has 4 heteroatoms. The van der Waals surface area contributed by atoms with E-state index < -0.39 is 0 Å². The first-order valence-corrected chi connectivity index (χ1v) is 7.04. The van der Waals surface area contributed by atoms with Crippen molar-refractivity contribution in [1.82, 2.24) is 0 Å². The third-order valence-corrected chi connectivity index (χ3v) is 3.19. The van der Waals surface area contributed by atoms with Crippen LogP contribution >= 0.6 is 0 Å². The molecule has 0 spiro atoms. The molecule has 0 saturated heterocycles. The predicted molar refractivity (Wildman–Crippen MR) is 77.6 cm³/mol. The van der Waals surface area contributed by atoms with E-state index in [1.165, 1.54) is 5.56 Å². The van der Waals surface area contributed by atoms with Crippen molar-refractivity contribution in [3.05, 3.63) is 23.8 Å². The largest absolute Gasteiger partial charge is 0.385 e. The monoisotopic (exact) mass is 262 g/mol. The van der Waals surface area contributed by atoms with E-state index in [0.717, 1.165) is 43.8 Å². The normalized spacial score (nSPS) is 13.5. The van der Waals surface area contributed by atoms with Crippen molar-refractivity contribution < 1.29 is 9.53 Å². The molecule has 4 nitrogen and oxygen atoms in total. The number of anilines is 2.